The molecule has 0 saturated heterocycles. The normalized spacial score (nSPS) is 11.9. The minimum atomic E-state index is -1.06. The Hall–Kier alpha value is -2.26. The van der Waals surface area contributed by atoms with Crippen molar-refractivity contribution in [1.82, 2.24) is 0 Å². The van der Waals surface area contributed by atoms with Gasteiger partial charge in [-0.2, -0.15) is 0 Å². The summed E-state index contributed by atoms with van der Waals surface area (Å²) >= 11 is 0. The van der Waals surface area contributed by atoms with Crippen LogP contribution in [0.5, 0.6) is 0 Å². The van der Waals surface area contributed by atoms with E-state index in [1.807, 2.05) is 0 Å². The molecule has 0 heterocycles. The highest BCUT2D eigenvalue weighted by atomic mass is 16.6. The first-order valence-corrected chi connectivity index (χ1v) is 5.33. The Morgan fingerprint density at radius 1 is 1.32 bits per heavy atom. The van der Waals surface area contributed by atoms with Gasteiger partial charge in [-0.1, -0.05) is 0 Å². The van der Waals surface area contributed by atoms with Crippen molar-refractivity contribution in [2.75, 3.05) is 18.5 Å². The van der Waals surface area contributed by atoms with Gasteiger partial charge in [0.2, 0.25) is 0 Å². The van der Waals surface area contributed by atoms with Crippen molar-refractivity contribution in [2.45, 2.75) is 13.0 Å². The van der Waals surface area contributed by atoms with Crippen molar-refractivity contribution in [2.24, 2.45) is 0 Å². The zero-order chi connectivity index (χ0) is 14.6. The lowest BCUT2D eigenvalue weighted by Crippen LogP contribution is -2.23. The summed E-state index contributed by atoms with van der Waals surface area (Å²) in [6.07, 6.45) is -1.06. The summed E-state index contributed by atoms with van der Waals surface area (Å²) in [5.74, 6) is 0. The molecule has 3 N–H and O–H groups in total. The molecule has 9 nitrogen and oxygen atoms in total. The standard InChI is InChI=1S/C10H13N3O6/c1-6-9(11-4-8(15)5-14)2-7(12(16)17)3-10(6)13(18)19/h2-3,8,11,14-15H,4-5H2,1H3. The predicted molar refractivity (Wildman–Crippen MR) is 66.1 cm³/mol. The number of nitrogens with one attached hydrogen (secondary N) is 1. The molecule has 19 heavy (non-hydrogen) atoms. The number of hydrogen-bond acceptors (Lipinski definition) is 7. The molecule has 0 radical (unpaired) electrons. The molecule has 1 atom stereocenters. The second kappa shape index (κ2) is 6.07. The van der Waals surface area contributed by atoms with Crippen LogP contribution in [-0.2, 0) is 0 Å². The summed E-state index contributed by atoms with van der Waals surface area (Å²) in [4.78, 5) is 20.1. The molecular weight excluding hydrogens is 258 g/mol. The van der Waals surface area contributed by atoms with Crippen LogP contribution in [0.3, 0.4) is 0 Å². The summed E-state index contributed by atoms with van der Waals surface area (Å²) in [6, 6.07) is 2.02. The van der Waals surface area contributed by atoms with Crippen LogP contribution in [0.1, 0.15) is 5.56 Å². The molecule has 9 heteroatoms. The minimum Gasteiger partial charge on any atom is -0.394 e. The van der Waals surface area contributed by atoms with Crippen LogP contribution in [0.2, 0.25) is 0 Å². The second-order valence-electron chi connectivity index (χ2n) is 3.87. The van der Waals surface area contributed by atoms with Gasteiger partial charge in [-0.05, 0) is 6.92 Å². The van der Waals surface area contributed by atoms with E-state index in [4.69, 9.17) is 5.11 Å². The summed E-state index contributed by atoms with van der Waals surface area (Å²) in [5, 5.41) is 42.0. The molecule has 0 saturated carbocycles. The third-order valence-electron chi connectivity index (χ3n) is 2.51. The summed E-state index contributed by atoms with van der Waals surface area (Å²) < 4.78 is 0. The lowest BCUT2D eigenvalue weighted by molar-refractivity contribution is -0.394. The van der Waals surface area contributed by atoms with Crippen molar-refractivity contribution >= 4 is 17.1 Å². The Balaban J connectivity index is 3.14. The van der Waals surface area contributed by atoms with Crippen LogP contribution in [-0.4, -0.2) is 39.3 Å². The molecule has 1 rings (SSSR count). The number of anilines is 1. The molecule has 0 fully saturated rings. The number of nitro benzene ring substituents is 2. The molecule has 0 aromatic heterocycles. The number of non-ortho nitro benzene ring substituents is 1. The van der Waals surface area contributed by atoms with E-state index in [0.717, 1.165) is 12.1 Å². The van der Waals surface area contributed by atoms with E-state index in [1.165, 1.54) is 6.92 Å². The zero-order valence-electron chi connectivity index (χ0n) is 10.1. The van der Waals surface area contributed by atoms with E-state index in [-0.39, 0.29) is 23.5 Å². The highest BCUT2D eigenvalue weighted by molar-refractivity contribution is 5.65. The van der Waals surface area contributed by atoms with Crippen LogP contribution < -0.4 is 5.32 Å². The molecule has 1 aromatic rings. The fraction of sp³-hybridized carbons (Fsp3) is 0.400. The highest BCUT2D eigenvalue weighted by Crippen LogP contribution is 2.31. The van der Waals surface area contributed by atoms with E-state index in [0.29, 0.717) is 0 Å². The zero-order valence-corrected chi connectivity index (χ0v) is 10.1. The molecule has 104 valence electrons. The summed E-state index contributed by atoms with van der Waals surface area (Å²) in [5.41, 5.74) is -0.400. The van der Waals surface area contributed by atoms with Gasteiger partial charge in [0.25, 0.3) is 11.4 Å². The van der Waals surface area contributed by atoms with Gasteiger partial charge in [-0.15, -0.1) is 0 Å². The lowest BCUT2D eigenvalue weighted by Gasteiger charge is -2.12. The van der Waals surface area contributed by atoms with Crippen LogP contribution >= 0.6 is 0 Å². The number of hydrogen-bond donors (Lipinski definition) is 3. The number of benzene rings is 1. The van der Waals surface area contributed by atoms with E-state index in [2.05, 4.69) is 5.32 Å². The molecule has 0 aliphatic heterocycles. The Bertz CT molecular complexity index is 504. The first-order chi connectivity index (χ1) is 8.86. The van der Waals surface area contributed by atoms with E-state index in [9.17, 15) is 25.3 Å². The van der Waals surface area contributed by atoms with Crippen molar-refractivity contribution in [3.05, 3.63) is 37.9 Å². The molecule has 1 aromatic carbocycles. The van der Waals surface area contributed by atoms with Gasteiger partial charge in [0, 0.05) is 12.6 Å². The van der Waals surface area contributed by atoms with E-state index in [1.54, 1.807) is 0 Å². The Labute approximate surface area is 107 Å². The molecule has 0 bridgehead atoms. The molecule has 0 spiro atoms. The number of aliphatic hydroxyl groups is 2. The van der Waals surface area contributed by atoms with Crippen LogP contribution in [0, 0.1) is 27.2 Å². The van der Waals surface area contributed by atoms with Gasteiger partial charge in [0.15, 0.2) is 0 Å². The maximum atomic E-state index is 10.8. The maximum Gasteiger partial charge on any atom is 0.281 e. The van der Waals surface area contributed by atoms with E-state index >= 15 is 0 Å². The first kappa shape index (κ1) is 14.8. The molecule has 0 aliphatic rings. The molecular formula is C10H13N3O6. The first-order valence-electron chi connectivity index (χ1n) is 5.33. The SMILES string of the molecule is Cc1c(NCC(O)CO)cc([N+](=O)[O-])cc1[N+](=O)[O-]. The largest absolute Gasteiger partial charge is 0.394 e. The van der Waals surface area contributed by atoms with Crippen molar-refractivity contribution in [1.29, 1.82) is 0 Å². The van der Waals surface area contributed by atoms with Crippen molar-refractivity contribution in [3.63, 3.8) is 0 Å². The second-order valence-corrected chi connectivity index (χ2v) is 3.87. The third-order valence-corrected chi connectivity index (χ3v) is 2.51. The average Bonchev–Trinajstić information content (AvgIpc) is 2.36. The predicted octanol–water partition coefficient (Wildman–Crippen LogP) is 0.577. The Morgan fingerprint density at radius 3 is 2.42 bits per heavy atom. The summed E-state index contributed by atoms with van der Waals surface area (Å²) in [7, 11) is 0. The average molecular weight is 271 g/mol. The van der Waals surface area contributed by atoms with Gasteiger partial charge >= 0.3 is 0 Å². The fourth-order valence-electron chi connectivity index (χ4n) is 1.46. The van der Waals surface area contributed by atoms with Crippen molar-refractivity contribution in [3.8, 4) is 0 Å². The van der Waals surface area contributed by atoms with Crippen molar-refractivity contribution < 1.29 is 20.1 Å². The van der Waals surface area contributed by atoms with Gasteiger partial charge in [-0.25, -0.2) is 0 Å². The number of aliphatic hydroxyl groups excluding tert-OH is 2. The Kier molecular flexibility index (Phi) is 4.73. The number of nitrogens with zero attached hydrogens (tertiary/aromatic N) is 2. The Morgan fingerprint density at radius 2 is 1.95 bits per heavy atom. The molecule has 1 unspecified atom stereocenters. The fourth-order valence-corrected chi connectivity index (χ4v) is 1.46. The van der Waals surface area contributed by atoms with Crippen LogP contribution in [0.4, 0.5) is 17.1 Å². The number of nitro groups is 2. The molecule has 0 aliphatic carbocycles. The van der Waals surface area contributed by atoms with Gasteiger partial charge in [0.05, 0.1) is 39.9 Å². The van der Waals surface area contributed by atoms with Gasteiger partial charge in [-0.3, -0.25) is 20.2 Å². The van der Waals surface area contributed by atoms with Gasteiger partial charge in [0.1, 0.15) is 0 Å². The maximum absolute atomic E-state index is 10.8. The smallest absolute Gasteiger partial charge is 0.281 e. The third kappa shape index (κ3) is 3.60. The van der Waals surface area contributed by atoms with Crippen LogP contribution in [0.25, 0.3) is 0 Å². The van der Waals surface area contributed by atoms with E-state index < -0.39 is 28.2 Å². The monoisotopic (exact) mass is 271 g/mol. The van der Waals surface area contributed by atoms with Crippen LogP contribution in [0.15, 0.2) is 12.1 Å². The lowest BCUT2D eigenvalue weighted by atomic mass is 10.1. The highest BCUT2D eigenvalue weighted by Gasteiger charge is 2.21. The topological polar surface area (TPSA) is 139 Å². The summed E-state index contributed by atoms with van der Waals surface area (Å²) in [6.45, 7) is 0.883. The number of rotatable bonds is 6. The quantitative estimate of drug-likeness (QED) is 0.507. The molecule has 0 amide bonds. The van der Waals surface area contributed by atoms with Gasteiger partial charge < -0.3 is 15.5 Å². The minimum absolute atomic E-state index is 0.0737.